The largest absolute Gasteiger partial charge is 0.381 e. The maximum Gasteiger partial charge on any atom is 0.128 e. The van der Waals surface area contributed by atoms with Crippen LogP contribution in [0.5, 0.6) is 0 Å². The van der Waals surface area contributed by atoms with Gasteiger partial charge in [-0.3, -0.25) is 0 Å². The van der Waals surface area contributed by atoms with Crippen LogP contribution in [0, 0.1) is 5.82 Å². The van der Waals surface area contributed by atoms with Gasteiger partial charge in [0, 0.05) is 36.6 Å². The molecule has 0 heterocycles. The molecular weight excluding hydrogens is 251 g/mol. The van der Waals surface area contributed by atoms with E-state index >= 15 is 0 Å². The summed E-state index contributed by atoms with van der Waals surface area (Å²) in [5, 5.41) is 3.25. The second-order valence-corrected chi connectivity index (χ2v) is 4.66. The van der Waals surface area contributed by atoms with Crippen LogP contribution in [0.1, 0.15) is 19.4 Å². The third-order valence-electron chi connectivity index (χ3n) is 3.44. The topological polar surface area (TPSA) is 15.3 Å². The van der Waals surface area contributed by atoms with E-state index < -0.39 is 0 Å². The van der Waals surface area contributed by atoms with E-state index in [1.165, 1.54) is 11.8 Å². The van der Waals surface area contributed by atoms with E-state index in [4.69, 9.17) is 0 Å². The van der Waals surface area contributed by atoms with Crippen LogP contribution in [0.15, 0.2) is 48.5 Å². The van der Waals surface area contributed by atoms with E-state index in [0.29, 0.717) is 12.1 Å². The molecule has 106 valence electrons. The summed E-state index contributed by atoms with van der Waals surface area (Å²) in [6, 6.07) is 15.1. The van der Waals surface area contributed by atoms with Gasteiger partial charge in [-0.15, -0.1) is 0 Å². The molecule has 0 unspecified atom stereocenters. The highest BCUT2D eigenvalue weighted by molar-refractivity contribution is 5.55. The van der Waals surface area contributed by atoms with Crippen molar-refractivity contribution in [1.29, 1.82) is 0 Å². The summed E-state index contributed by atoms with van der Waals surface area (Å²) in [6.07, 6.45) is 0. The number of anilines is 2. The van der Waals surface area contributed by atoms with Crippen LogP contribution in [0.4, 0.5) is 15.8 Å². The Morgan fingerprint density at radius 2 is 1.60 bits per heavy atom. The fourth-order valence-corrected chi connectivity index (χ4v) is 2.22. The fraction of sp³-hybridized carbons (Fsp3) is 0.294. The summed E-state index contributed by atoms with van der Waals surface area (Å²) in [7, 11) is 0. The number of nitrogens with one attached hydrogen (secondary N) is 1. The van der Waals surface area contributed by atoms with Gasteiger partial charge in [-0.1, -0.05) is 18.2 Å². The predicted octanol–water partition coefficient (Wildman–Crippen LogP) is 4.28. The molecule has 3 heteroatoms. The first-order chi connectivity index (χ1) is 9.74. The fourth-order valence-electron chi connectivity index (χ4n) is 2.22. The van der Waals surface area contributed by atoms with E-state index in [1.807, 2.05) is 18.2 Å². The van der Waals surface area contributed by atoms with Crippen molar-refractivity contribution in [2.24, 2.45) is 0 Å². The first-order valence-electron chi connectivity index (χ1n) is 7.07. The van der Waals surface area contributed by atoms with Crippen molar-refractivity contribution in [2.75, 3.05) is 23.3 Å². The summed E-state index contributed by atoms with van der Waals surface area (Å²) in [5.41, 5.74) is 2.90. The van der Waals surface area contributed by atoms with Crippen molar-refractivity contribution in [2.45, 2.75) is 20.4 Å². The first kappa shape index (κ1) is 14.4. The van der Waals surface area contributed by atoms with Gasteiger partial charge in [-0.2, -0.15) is 0 Å². The Morgan fingerprint density at radius 3 is 2.20 bits per heavy atom. The Bertz CT molecular complexity index is 533. The quantitative estimate of drug-likeness (QED) is 0.844. The van der Waals surface area contributed by atoms with Crippen LogP contribution in [0.3, 0.4) is 0 Å². The van der Waals surface area contributed by atoms with Crippen LogP contribution >= 0.6 is 0 Å². The Kier molecular flexibility index (Phi) is 4.99. The first-order valence-corrected chi connectivity index (χ1v) is 7.07. The molecule has 0 aliphatic carbocycles. The summed E-state index contributed by atoms with van der Waals surface area (Å²) < 4.78 is 13.5. The molecule has 0 aromatic heterocycles. The molecule has 2 aromatic rings. The zero-order valence-electron chi connectivity index (χ0n) is 12.1. The number of benzene rings is 2. The molecular formula is C17H21FN2. The van der Waals surface area contributed by atoms with Gasteiger partial charge in [-0.05, 0) is 44.2 Å². The molecule has 0 aliphatic heterocycles. The van der Waals surface area contributed by atoms with Crippen molar-refractivity contribution in [3.8, 4) is 0 Å². The zero-order chi connectivity index (χ0) is 14.4. The van der Waals surface area contributed by atoms with E-state index in [9.17, 15) is 4.39 Å². The van der Waals surface area contributed by atoms with Crippen molar-refractivity contribution < 1.29 is 4.39 Å². The van der Waals surface area contributed by atoms with Crippen molar-refractivity contribution in [3.63, 3.8) is 0 Å². The number of hydrogen-bond acceptors (Lipinski definition) is 2. The van der Waals surface area contributed by atoms with Gasteiger partial charge in [0.05, 0.1) is 0 Å². The lowest BCUT2D eigenvalue weighted by molar-refractivity contribution is 0.613. The average Bonchev–Trinajstić information content (AvgIpc) is 2.49. The molecule has 2 aromatic carbocycles. The molecule has 2 rings (SSSR count). The smallest absolute Gasteiger partial charge is 0.128 e. The molecule has 1 N–H and O–H groups in total. The minimum absolute atomic E-state index is 0.167. The second kappa shape index (κ2) is 6.94. The van der Waals surface area contributed by atoms with E-state index in [-0.39, 0.29) is 5.82 Å². The molecule has 0 bridgehead atoms. The standard InChI is InChI=1S/C17H21FN2/c1-3-20(4-2)16-11-9-15(10-12-16)19-13-14-7-5-6-8-17(14)18/h5-12,19H,3-4,13H2,1-2H3. The highest BCUT2D eigenvalue weighted by atomic mass is 19.1. The third kappa shape index (κ3) is 3.50. The van der Waals surface area contributed by atoms with Gasteiger partial charge in [-0.25, -0.2) is 4.39 Å². The average molecular weight is 272 g/mol. The SMILES string of the molecule is CCN(CC)c1ccc(NCc2ccccc2F)cc1. The summed E-state index contributed by atoms with van der Waals surface area (Å²) in [4.78, 5) is 2.29. The number of rotatable bonds is 6. The summed E-state index contributed by atoms with van der Waals surface area (Å²) >= 11 is 0. The van der Waals surface area contributed by atoms with Gasteiger partial charge in [0.25, 0.3) is 0 Å². The normalized spacial score (nSPS) is 10.3. The Labute approximate surface area is 120 Å². The lowest BCUT2D eigenvalue weighted by Gasteiger charge is -2.21. The van der Waals surface area contributed by atoms with Gasteiger partial charge in [0.15, 0.2) is 0 Å². The zero-order valence-corrected chi connectivity index (χ0v) is 12.1. The van der Waals surface area contributed by atoms with E-state index in [2.05, 4.69) is 36.2 Å². The van der Waals surface area contributed by atoms with Crippen LogP contribution in [-0.2, 0) is 6.54 Å². The second-order valence-electron chi connectivity index (χ2n) is 4.66. The van der Waals surface area contributed by atoms with Crippen molar-refractivity contribution in [1.82, 2.24) is 0 Å². The van der Waals surface area contributed by atoms with Gasteiger partial charge in [0.2, 0.25) is 0 Å². The van der Waals surface area contributed by atoms with Gasteiger partial charge >= 0.3 is 0 Å². The number of nitrogens with zero attached hydrogens (tertiary/aromatic N) is 1. The maximum atomic E-state index is 13.5. The van der Waals surface area contributed by atoms with Crippen molar-refractivity contribution >= 4 is 11.4 Å². The molecule has 0 saturated carbocycles. The lowest BCUT2D eigenvalue weighted by Crippen LogP contribution is -2.21. The monoisotopic (exact) mass is 272 g/mol. The minimum atomic E-state index is -0.167. The molecule has 0 atom stereocenters. The van der Waals surface area contributed by atoms with E-state index in [0.717, 1.165) is 18.8 Å². The Balaban J connectivity index is 1.99. The molecule has 2 nitrogen and oxygen atoms in total. The van der Waals surface area contributed by atoms with E-state index in [1.54, 1.807) is 12.1 Å². The highest BCUT2D eigenvalue weighted by Gasteiger charge is 2.02. The maximum absolute atomic E-state index is 13.5. The molecule has 0 aliphatic rings. The van der Waals surface area contributed by atoms with Crippen LogP contribution < -0.4 is 10.2 Å². The number of hydrogen-bond donors (Lipinski definition) is 1. The van der Waals surface area contributed by atoms with Crippen molar-refractivity contribution in [3.05, 3.63) is 59.9 Å². The summed E-state index contributed by atoms with van der Waals surface area (Å²) in [6.45, 7) is 6.79. The molecule has 0 spiro atoms. The summed E-state index contributed by atoms with van der Waals surface area (Å²) in [5.74, 6) is -0.167. The lowest BCUT2D eigenvalue weighted by atomic mass is 10.2. The Hall–Kier alpha value is -2.03. The third-order valence-corrected chi connectivity index (χ3v) is 3.44. The molecule has 0 amide bonds. The molecule has 0 radical (unpaired) electrons. The predicted molar refractivity (Wildman–Crippen MR) is 83.7 cm³/mol. The van der Waals surface area contributed by atoms with Gasteiger partial charge in [0.1, 0.15) is 5.82 Å². The molecule has 0 saturated heterocycles. The van der Waals surface area contributed by atoms with Crippen LogP contribution in [-0.4, -0.2) is 13.1 Å². The number of halogens is 1. The Morgan fingerprint density at radius 1 is 0.950 bits per heavy atom. The minimum Gasteiger partial charge on any atom is -0.381 e. The van der Waals surface area contributed by atoms with Crippen LogP contribution in [0.25, 0.3) is 0 Å². The highest BCUT2D eigenvalue weighted by Crippen LogP contribution is 2.18. The molecule has 0 fully saturated rings. The van der Waals surface area contributed by atoms with Gasteiger partial charge < -0.3 is 10.2 Å². The van der Waals surface area contributed by atoms with Crippen LogP contribution in [0.2, 0.25) is 0 Å². The molecule has 20 heavy (non-hydrogen) atoms.